The quantitative estimate of drug-likeness (QED) is 0.531. The van der Waals surface area contributed by atoms with Crippen molar-refractivity contribution in [3.8, 4) is 0 Å². The summed E-state index contributed by atoms with van der Waals surface area (Å²) in [6, 6.07) is 16.6. The van der Waals surface area contributed by atoms with Gasteiger partial charge in [0.15, 0.2) is 0 Å². The Labute approximate surface area is 176 Å². The number of carbonyl (C=O) groups excluding carboxylic acids is 2. The van der Waals surface area contributed by atoms with Crippen molar-refractivity contribution in [3.05, 3.63) is 75.1 Å². The number of nitrogens with one attached hydrogen (secondary N) is 1. The lowest BCUT2D eigenvalue weighted by atomic mass is 10.2. The lowest BCUT2D eigenvalue weighted by Crippen LogP contribution is -2.46. The minimum Gasteiger partial charge on any atom is -0.350 e. The predicted molar refractivity (Wildman–Crippen MR) is 117 cm³/mol. The third-order valence-electron chi connectivity index (χ3n) is 4.05. The molecular weight excluding hydrogens is 444 g/mol. The summed E-state index contributed by atoms with van der Waals surface area (Å²) >= 11 is 9.98. The van der Waals surface area contributed by atoms with E-state index in [4.69, 9.17) is 12.2 Å². The minimum atomic E-state index is -0.672. The normalized spacial score (nSPS) is 16.7. The summed E-state index contributed by atoms with van der Waals surface area (Å²) in [4.78, 5) is 27.2. The van der Waals surface area contributed by atoms with E-state index < -0.39 is 6.04 Å². The average molecular weight is 461 g/mol. The van der Waals surface area contributed by atoms with E-state index in [0.717, 1.165) is 15.6 Å². The molecule has 1 atom stereocenters. The Morgan fingerprint density at radius 1 is 1.26 bits per heavy atom. The van der Waals surface area contributed by atoms with Crippen LogP contribution in [0.15, 0.2) is 64.0 Å². The maximum absolute atomic E-state index is 12.8. The summed E-state index contributed by atoms with van der Waals surface area (Å²) in [6.45, 7) is 2.10. The molecule has 1 unspecified atom stereocenters. The molecule has 3 rings (SSSR count). The van der Waals surface area contributed by atoms with Crippen molar-refractivity contribution < 1.29 is 9.59 Å². The highest BCUT2D eigenvalue weighted by Gasteiger charge is 2.38. The molecule has 27 heavy (non-hydrogen) atoms. The number of thiocarbonyl (C=S) groups is 1. The number of halogens is 1. The second-order valence-electron chi connectivity index (χ2n) is 5.99. The van der Waals surface area contributed by atoms with Crippen LogP contribution >= 0.6 is 39.9 Å². The van der Waals surface area contributed by atoms with Crippen molar-refractivity contribution in [1.82, 2.24) is 10.2 Å². The van der Waals surface area contributed by atoms with Gasteiger partial charge >= 0.3 is 0 Å². The third-order valence-corrected chi connectivity index (χ3v) is 5.87. The monoisotopic (exact) mass is 460 g/mol. The van der Waals surface area contributed by atoms with Crippen molar-refractivity contribution >= 4 is 62.1 Å². The van der Waals surface area contributed by atoms with Crippen molar-refractivity contribution in [3.63, 3.8) is 0 Å². The van der Waals surface area contributed by atoms with Gasteiger partial charge < -0.3 is 5.32 Å². The predicted octanol–water partition coefficient (Wildman–Crippen LogP) is 4.36. The van der Waals surface area contributed by atoms with Gasteiger partial charge in [-0.3, -0.25) is 14.5 Å². The highest BCUT2D eigenvalue weighted by Crippen LogP contribution is 2.34. The number of carbonyl (C=O) groups is 2. The van der Waals surface area contributed by atoms with Gasteiger partial charge in [-0.2, -0.15) is 0 Å². The zero-order valence-electron chi connectivity index (χ0n) is 14.5. The lowest BCUT2D eigenvalue weighted by Gasteiger charge is -2.22. The maximum atomic E-state index is 12.8. The largest absolute Gasteiger partial charge is 0.350 e. The van der Waals surface area contributed by atoms with Gasteiger partial charge in [-0.25, -0.2) is 0 Å². The second-order valence-corrected chi connectivity index (χ2v) is 8.58. The first-order chi connectivity index (χ1) is 13.0. The fourth-order valence-corrected chi connectivity index (χ4v) is 4.45. The molecular formula is C20H17BrN2O2S2. The molecule has 1 heterocycles. The first kappa shape index (κ1) is 19.8. The molecule has 1 N–H and O–H groups in total. The summed E-state index contributed by atoms with van der Waals surface area (Å²) < 4.78 is 1.32. The van der Waals surface area contributed by atoms with Crippen molar-refractivity contribution in [2.75, 3.05) is 0 Å². The fourth-order valence-electron chi connectivity index (χ4n) is 2.61. The molecule has 0 spiro atoms. The molecule has 0 bridgehead atoms. The Morgan fingerprint density at radius 3 is 2.70 bits per heavy atom. The highest BCUT2D eigenvalue weighted by atomic mass is 79.9. The Balaban J connectivity index is 1.69. The smallest absolute Gasteiger partial charge is 0.266 e. The van der Waals surface area contributed by atoms with Gasteiger partial charge in [0.25, 0.3) is 5.91 Å². The van der Waals surface area contributed by atoms with Gasteiger partial charge in [0.1, 0.15) is 10.4 Å². The summed E-state index contributed by atoms with van der Waals surface area (Å²) in [5.74, 6) is -0.480. The fraction of sp³-hybridized carbons (Fsp3) is 0.150. The van der Waals surface area contributed by atoms with Gasteiger partial charge in [0, 0.05) is 11.0 Å². The van der Waals surface area contributed by atoms with Crippen LogP contribution in [-0.2, 0) is 16.1 Å². The van der Waals surface area contributed by atoms with Crippen LogP contribution in [0.4, 0.5) is 0 Å². The van der Waals surface area contributed by atoms with Crippen LogP contribution in [-0.4, -0.2) is 27.1 Å². The Morgan fingerprint density at radius 2 is 2.00 bits per heavy atom. The van der Waals surface area contributed by atoms with Crippen LogP contribution in [0, 0.1) is 0 Å². The molecule has 2 aromatic carbocycles. The molecule has 1 saturated heterocycles. The van der Waals surface area contributed by atoms with Crippen LogP contribution in [0.1, 0.15) is 18.1 Å². The van der Waals surface area contributed by atoms with Crippen LogP contribution in [0.5, 0.6) is 0 Å². The summed E-state index contributed by atoms with van der Waals surface area (Å²) in [7, 11) is 0. The molecule has 1 aliphatic heterocycles. The van der Waals surface area contributed by atoms with E-state index in [1.807, 2.05) is 54.6 Å². The molecule has 1 fully saturated rings. The molecule has 7 heteroatoms. The zero-order valence-corrected chi connectivity index (χ0v) is 17.7. The lowest BCUT2D eigenvalue weighted by molar-refractivity contribution is -0.132. The van der Waals surface area contributed by atoms with E-state index in [1.54, 1.807) is 13.0 Å². The number of benzene rings is 2. The van der Waals surface area contributed by atoms with Gasteiger partial charge in [-0.15, -0.1) is 0 Å². The van der Waals surface area contributed by atoms with E-state index >= 15 is 0 Å². The third kappa shape index (κ3) is 4.86. The van der Waals surface area contributed by atoms with Crippen LogP contribution in [0.3, 0.4) is 0 Å². The van der Waals surface area contributed by atoms with E-state index in [1.165, 1.54) is 16.7 Å². The van der Waals surface area contributed by atoms with E-state index in [0.29, 0.717) is 15.8 Å². The van der Waals surface area contributed by atoms with Gasteiger partial charge in [-0.1, -0.05) is 82.4 Å². The zero-order chi connectivity index (χ0) is 19.4. The maximum Gasteiger partial charge on any atom is 0.266 e. The number of nitrogens with zero attached hydrogens (tertiary/aromatic N) is 1. The summed E-state index contributed by atoms with van der Waals surface area (Å²) in [6.07, 6.45) is 1.79. The van der Waals surface area contributed by atoms with Crippen LogP contribution < -0.4 is 5.32 Å². The van der Waals surface area contributed by atoms with E-state index in [-0.39, 0.29) is 11.8 Å². The number of hydrogen-bond donors (Lipinski definition) is 1. The second kappa shape index (κ2) is 8.82. The molecule has 2 amide bonds. The average Bonchev–Trinajstić information content (AvgIpc) is 2.93. The van der Waals surface area contributed by atoms with Crippen LogP contribution in [0.2, 0.25) is 0 Å². The van der Waals surface area contributed by atoms with Gasteiger partial charge in [0.05, 0.1) is 4.91 Å². The first-order valence-corrected chi connectivity index (χ1v) is 10.3. The highest BCUT2D eigenvalue weighted by molar-refractivity contribution is 9.10. The standard InChI is InChI=1S/C20H17BrN2O2S2/c1-13(18(24)22-12-14-6-3-2-4-7-14)23-19(25)17(27-20(23)26)11-15-8-5-9-16(21)10-15/h2-11,13H,12H2,1H3,(H,22,24)/b17-11-. The molecule has 4 nitrogen and oxygen atoms in total. The van der Waals surface area contributed by atoms with Gasteiger partial charge in [-0.05, 0) is 36.3 Å². The molecule has 2 aromatic rings. The van der Waals surface area contributed by atoms with Crippen molar-refractivity contribution in [2.45, 2.75) is 19.5 Å². The number of amides is 2. The molecule has 0 radical (unpaired) electrons. The molecule has 0 aliphatic carbocycles. The Kier molecular flexibility index (Phi) is 6.46. The van der Waals surface area contributed by atoms with Gasteiger partial charge in [0.2, 0.25) is 5.91 Å². The minimum absolute atomic E-state index is 0.237. The van der Waals surface area contributed by atoms with Crippen molar-refractivity contribution in [2.24, 2.45) is 0 Å². The topological polar surface area (TPSA) is 49.4 Å². The Bertz CT molecular complexity index is 915. The number of thioether (sulfide) groups is 1. The summed E-state index contributed by atoms with van der Waals surface area (Å²) in [5, 5.41) is 2.86. The molecule has 138 valence electrons. The summed E-state index contributed by atoms with van der Waals surface area (Å²) in [5.41, 5.74) is 1.89. The Hall–Kier alpha value is -1.96. The van der Waals surface area contributed by atoms with E-state index in [2.05, 4.69) is 21.2 Å². The molecule has 0 saturated carbocycles. The molecule has 0 aromatic heterocycles. The molecule has 1 aliphatic rings. The number of hydrogen-bond acceptors (Lipinski definition) is 4. The van der Waals surface area contributed by atoms with Crippen molar-refractivity contribution in [1.29, 1.82) is 0 Å². The van der Waals surface area contributed by atoms with E-state index in [9.17, 15) is 9.59 Å². The SMILES string of the molecule is CC(C(=O)NCc1ccccc1)N1C(=O)/C(=C/c2cccc(Br)c2)SC1=S. The van der Waals surface area contributed by atoms with Crippen LogP contribution in [0.25, 0.3) is 6.08 Å². The first-order valence-electron chi connectivity index (χ1n) is 8.30. The number of rotatable bonds is 5.